The molecule has 1 aliphatic rings. The van der Waals surface area contributed by atoms with Crippen LogP contribution in [0.25, 0.3) is 0 Å². The van der Waals surface area contributed by atoms with Gasteiger partial charge in [-0.25, -0.2) is 14.4 Å². The van der Waals surface area contributed by atoms with Crippen LogP contribution in [-0.4, -0.2) is 53.3 Å². The van der Waals surface area contributed by atoms with Gasteiger partial charge >= 0.3 is 18.0 Å². The Bertz CT molecular complexity index is 1030. The number of nitrogens with one attached hydrogen (secondary N) is 1. The maximum Gasteiger partial charge on any atom is 0.413 e. The number of ether oxygens (including phenoxy) is 3. The third kappa shape index (κ3) is 7.84. The topological polar surface area (TPSA) is 111 Å². The van der Waals surface area contributed by atoms with E-state index in [-0.39, 0.29) is 26.2 Å². The van der Waals surface area contributed by atoms with Gasteiger partial charge in [0.1, 0.15) is 24.3 Å². The quantitative estimate of drug-likeness (QED) is 0.455. The molecular formula is C26H30N2O7. The summed E-state index contributed by atoms with van der Waals surface area (Å²) in [5, 5.41) is 2.65. The lowest BCUT2D eigenvalue weighted by molar-refractivity contribution is -0.158. The van der Waals surface area contributed by atoms with E-state index in [4.69, 9.17) is 14.2 Å². The molecule has 1 aliphatic heterocycles. The fourth-order valence-corrected chi connectivity index (χ4v) is 3.47. The number of esters is 2. The summed E-state index contributed by atoms with van der Waals surface area (Å²) in [5.41, 5.74) is 0.864. The van der Waals surface area contributed by atoms with E-state index >= 15 is 0 Å². The number of rotatable bonds is 8. The molecule has 2 amide bonds. The van der Waals surface area contributed by atoms with Crippen molar-refractivity contribution in [1.29, 1.82) is 0 Å². The number of nitrogens with zero attached hydrogens (tertiary/aromatic N) is 1. The van der Waals surface area contributed by atoms with Gasteiger partial charge in [-0.3, -0.25) is 9.69 Å². The summed E-state index contributed by atoms with van der Waals surface area (Å²) in [5.74, 6) is -1.90. The molecule has 0 saturated carbocycles. The van der Waals surface area contributed by atoms with Crippen molar-refractivity contribution >= 4 is 23.9 Å². The predicted octanol–water partition coefficient (Wildman–Crippen LogP) is 2.97. The monoisotopic (exact) mass is 482 g/mol. The molecule has 2 aromatic carbocycles. The van der Waals surface area contributed by atoms with Gasteiger partial charge < -0.3 is 19.5 Å². The molecule has 0 bridgehead atoms. The molecule has 9 nitrogen and oxygen atoms in total. The second kappa shape index (κ2) is 11.5. The van der Waals surface area contributed by atoms with Gasteiger partial charge in [0, 0.05) is 6.42 Å². The third-order valence-electron chi connectivity index (χ3n) is 5.12. The van der Waals surface area contributed by atoms with Crippen LogP contribution in [0.2, 0.25) is 0 Å². The molecule has 186 valence electrons. The first-order chi connectivity index (χ1) is 16.6. The average Bonchev–Trinajstić information content (AvgIpc) is 3.17. The summed E-state index contributed by atoms with van der Waals surface area (Å²) < 4.78 is 15.7. The summed E-state index contributed by atoms with van der Waals surface area (Å²) in [6.45, 7) is 4.91. The van der Waals surface area contributed by atoms with Crippen LogP contribution in [0.1, 0.15) is 38.3 Å². The minimum atomic E-state index is -1.16. The van der Waals surface area contributed by atoms with Gasteiger partial charge in [0.25, 0.3) is 0 Å². The van der Waals surface area contributed by atoms with Crippen molar-refractivity contribution in [2.45, 2.75) is 57.9 Å². The van der Waals surface area contributed by atoms with Crippen LogP contribution in [0.15, 0.2) is 60.7 Å². The Hall–Kier alpha value is -3.88. The average molecular weight is 483 g/mol. The van der Waals surface area contributed by atoms with E-state index in [9.17, 15) is 19.2 Å². The molecular weight excluding hydrogens is 452 g/mol. The molecule has 3 rings (SSSR count). The van der Waals surface area contributed by atoms with Gasteiger partial charge in [0.15, 0.2) is 6.73 Å². The van der Waals surface area contributed by atoms with Gasteiger partial charge in [-0.05, 0) is 31.9 Å². The maximum absolute atomic E-state index is 12.9. The van der Waals surface area contributed by atoms with Crippen LogP contribution in [0, 0.1) is 0 Å². The molecule has 35 heavy (non-hydrogen) atoms. The second-order valence-electron chi connectivity index (χ2n) is 9.17. The Morgan fingerprint density at radius 1 is 1.03 bits per heavy atom. The first-order valence-corrected chi connectivity index (χ1v) is 11.3. The molecule has 1 saturated heterocycles. The zero-order valence-corrected chi connectivity index (χ0v) is 20.1. The summed E-state index contributed by atoms with van der Waals surface area (Å²) in [6, 6.07) is 16.1. The fraction of sp³-hybridized carbons (Fsp3) is 0.385. The highest BCUT2D eigenvalue weighted by Gasteiger charge is 2.41. The largest absolute Gasteiger partial charge is 0.458 e. The molecule has 9 heteroatoms. The molecule has 0 aliphatic carbocycles. The van der Waals surface area contributed by atoms with Crippen molar-refractivity contribution in [3.05, 3.63) is 71.8 Å². The molecule has 1 N–H and O–H groups in total. The van der Waals surface area contributed by atoms with Crippen molar-refractivity contribution in [2.75, 3.05) is 6.73 Å². The summed E-state index contributed by atoms with van der Waals surface area (Å²) in [7, 11) is 0. The molecule has 1 fully saturated rings. The number of carbonyl (C=O) groups excluding carboxylic acids is 4. The lowest BCUT2D eigenvalue weighted by Crippen LogP contribution is -2.48. The highest BCUT2D eigenvalue weighted by Crippen LogP contribution is 2.18. The highest BCUT2D eigenvalue weighted by molar-refractivity contribution is 5.91. The standard InChI is InChI=1S/C26H30N2O7/c1-26(2,3)35-23(30)20(14-18-10-6-4-7-11-18)27-22(29)15-21-24(31)34-17-28(21)25(32)33-16-19-12-8-5-9-13-19/h4-13,20-21H,14-17H2,1-3H3,(H,27,29)/t20-,21+/m0/s1. The van der Waals surface area contributed by atoms with E-state index in [1.54, 1.807) is 32.9 Å². The number of carbonyl (C=O) groups is 4. The van der Waals surface area contributed by atoms with E-state index in [1.807, 2.05) is 48.5 Å². The summed E-state index contributed by atoms with van der Waals surface area (Å²) >= 11 is 0. The van der Waals surface area contributed by atoms with Crippen molar-refractivity contribution in [3.8, 4) is 0 Å². The number of amides is 2. The van der Waals surface area contributed by atoms with Crippen LogP contribution < -0.4 is 5.32 Å². The molecule has 1 heterocycles. The Balaban J connectivity index is 1.64. The molecule has 2 aromatic rings. The van der Waals surface area contributed by atoms with Crippen molar-refractivity contribution in [3.63, 3.8) is 0 Å². The molecule has 0 spiro atoms. The van der Waals surface area contributed by atoms with E-state index in [0.717, 1.165) is 16.0 Å². The Labute approximate surface area is 204 Å². The lowest BCUT2D eigenvalue weighted by Gasteiger charge is -2.25. The lowest BCUT2D eigenvalue weighted by atomic mass is 10.0. The highest BCUT2D eigenvalue weighted by atomic mass is 16.6. The Morgan fingerprint density at radius 2 is 1.63 bits per heavy atom. The molecule has 2 atom stereocenters. The fourth-order valence-electron chi connectivity index (χ4n) is 3.47. The normalized spacial score (nSPS) is 16.3. The first-order valence-electron chi connectivity index (χ1n) is 11.3. The van der Waals surface area contributed by atoms with E-state index in [2.05, 4.69) is 5.32 Å². The van der Waals surface area contributed by atoms with Gasteiger partial charge in [0.05, 0.1) is 6.42 Å². The van der Waals surface area contributed by atoms with E-state index in [1.165, 1.54) is 0 Å². The Morgan fingerprint density at radius 3 is 2.23 bits per heavy atom. The molecule has 0 unspecified atom stereocenters. The zero-order chi connectivity index (χ0) is 25.4. The van der Waals surface area contributed by atoms with Crippen LogP contribution in [-0.2, 0) is 41.6 Å². The van der Waals surface area contributed by atoms with Crippen LogP contribution in [0.5, 0.6) is 0 Å². The van der Waals surface area contributed by atoms with Gasteiger partial charge in [-0.2, -0.15) is 0 Å². The van der Waals surface area contributed by atoms with Crippen molar-refractivity contribution in [2.24, 2.45) is 0 Å². The van der Waals surface area contributed by atoms with Crippen LogP contribution >= 0.6 is 0 Å². The zero-order valence-electron chi connectivity index (χ0n) is 20.1. The van der Waals surface area contributed by atoms with Crippen LogP contribution in [0.4, 0.5) is 4.79 Å². The number of cyclic esters (lactones) is 1. The summed E-state index contributed by atoms with van der Waals surface area (Å²) in [6.07, 6.45) is -0.947. The Kier molecular flexibility index (Phi) is 8.46. The van der Waals surface area contributed by atoms with Crippen LogP contribution in [0.3, 0.4) is 0 Å². The minimum absolute atomic E-state index is 0.0150. The van der Waals surface area contributed by atoms with E-state index < -0.39 is 41.6 Å². The SMILES string of the molecule is CC(C)(C)OC(=O)[C@H](Cc1ccccc1)NC(=O)C[C@@H]1C(=O)OCN1C(=O)OCc1ccccc1. The van der Waals surface area contributed by atoms with Gasteiger partial charge in [-0.15, -0.1) is 0 Å². The summed E-state index contributed by atoms with van der Waals surface area (Å²) in [4.78, 5) is 51.5. The van der Waals surface area contributed by atoms with Gasteiger partial charge in [-0.1, -0.05) is 60.7 Å². The van der Waals surface area contributed by atoms with E-state index in [0.29, 0.717) is 0 Å². The maximum atomic E-state index is 12.9. The second-order valence-corrected chi connectivity index (χ2v) is 9.17. The van der Waals surface area contributed by atoms with Gasteiger partial charge in [0.2, 0.25) is 5.91 Å². The smallest absolute Gasteiger partial charge is 0.413 e. The first kappa shape index (κ1) is 25.7. The number of hydrogen-bond acceptors (Lipinski definition) is 7. The predicted molar refractivity (Wildman–Crippen MR) is 126 cm³/mol. The minimum Gasteiger partial charge on any atom is -0.458 e. The van der Waals surface area contributed by atoms with Crippen molar-refractivity contribution < 1.29 is 33.4 Å². The third-order valence-corrected chi connectivity index (χ3v) is 5.12. The number of hydrogen-bond donors (Lipinski definition) is 1. The molecule has 0 aromatic heterocycles. The molecule has 0 radical (unpaired) electrons. The number of benzene rings is 2. The van der Waals surface area contributed by atoms with Crippen molar-refractivity contribution in [1.82, 2.24) is 10.2 Å².